The first-order chi connectivity index (χ1) is 5.02. The highest BCUT2D eigenvalue weighted by Crippen LogP contribution is 2.30. The van der Waals surface area contributed by atoms with Crippen LogP contribution in [0.25, 0.3) is 0 Å². The molecule has 2 aliphatic rings. The molecule has 0 atom stereocenters. The molecule has 0 aromatic carbocycles. The van der Waals surface area contributed by atoms with Gasteiger partial charge in [0.15, 0.2) is 0 Å². The second-order valence-electron chi connectivity index (χ2n) is 4.45. The molecule has 0 radical (unpaired) electrons. The number of nitrogens with zero attached hydrogens (tertiary/aromatic N) is 1. The smallest absolute Gasteiger partial charge is 0.0872 e. The van der Waals surface area contributed by atoms with E-state index in [9.17, 15) is 5.11 Å². The van der Waals surface area contributed by atoms with Gasteiger partial charge in [-0.25, -0.2) is 0 Å². The van der Waals surface area contributed by atoms with Gasteiger partial charge in [0.25, 0.3) is 0 Å². The lowest BCUT2D eigenvalue weighted by Crippen LogP contribution is -2.76. The van der Waals surface area contributed by atoms with Crippen LogP contribution in [0.15, 0.2) is 0 Å². The zero-order valence-corrected chi connectivity index (χ0v) is 7.22. The molecule has 0 aromatic rings. The average Bonchev–Trinajstić information content (AvgIpc) is 1.77. The van der Waals surface area contributed by atoms with Gasteiger partial charge in [-0.15, -0.1) is 0 Å². The molecule has 0 amide bonds. The molecule has 2 N–H and O–H groups in total. The minimum atomic E-state index is -0.418. The van der Waals surface area contributed by atoms with E-state index in [0.717, 1.165) is 26.2 Å². The van der Waals surface area contributed by atoms with Crippen LogP contribution in [0.2, 0.25) is 0 Å². The quantitative estimate of drug-likeness (QED) is 0.533. The van der Waals surface area contributed by atoms with Crippen LogP contribution in [0.4, 0.5) is 0 Å². The van der Waals surface area contributed by atoms with E-state index in [1.165, 1.54) is 0 Å². The zero-order chi connectivity index (χ0) is 8.11. The van der Waals surface area contributed by atoms with Crippen LogP contribution in [0.5, 0.6) is 0 Å². The van der Waals surface area contributed by atoms with Crippen LogP contribution in [0.1, 0.15) is 13.8 Å². The standard InChI is InChI=1S/C8H16N2O/c1-7(3-9-4-7)10-5-8(2,11)6-10/h9,11H,3-6H2,1-2H3. The van der Waals surface area contributed by atoms with Crippen LogP contribution < -0.4 is 5.32 Å². The van der Waals surface area contributed by atoms with Crippen molar-refractivity contribution in [1.82, 2.24) is 10.2 Å². The van der Waals surface area contributed by atoms with E-state index in [1.54, 1.807) is 0 Å². The second kappa shape index (κ2) is 1.97. The van der Waals surface area contributed by atoms with Crippen molar-refractivity contribution in [3.8, 4) is 0 Å². The predicted molar refractivity (Wildman–Crippen MR) is 43.5 cm³/mol. The molecule has 0 aromatic heterocycles. The Morgan fingerprint density at radius 2 is 1.82 bits per heavy atom. The molecule has 2 fully saturated rings. The Bertz CT molecular complexity index is 167. The number of aliphatic hydroxyl groups is 1. The van der Waals surface area contributed by atoms with Crippen molar-refractivity contribution in [3.05, 3.63) is 0 Å². The molecule has 0 saturated carbocycles. The third-order valence-electron chi connectivity index (χ3n) is 2.84. The van der Waals surface area contributed by atoms with Gasteiger partial charge in [-0.3, -0.25) is 4.90 Å². The summed E-state index contributed by atoms with van der Waals surface area (Å²) in [5.74, 6) is 0. The molecule has 2 aliphatic heterocycles. The van der Waals surface area contributed by atoms with E-state index < -0.39 is 5.60 Å². The Labute approximate surface area is 67.4 Å². The summed E-state index contributed by atoms with van der Waals surface area (Å²) < 4.78 is 0. The SMILES string of the molecule is CC1(O)CN(C2(C)CNC2)C1. The molecule has 3 heteroatoms. The van der Waals surface area contributed by atoms with Crippen LogP contribution in [-0.2, 0) is 0 Å². The molecule has 0 bridgehead atoms. The molecule has 11 heavy (non-hydrogen) atoms. The lowest BCUT2D eigenvalue weighted by atomic mass is 9.84. The maximum Gasteiger partial charge on any atom is 0.0872 e. The monoisotopic (exact) mass is 156 g/mol. The summed E-state index contributed by atoms with van der Waals surface area (Å²) >= 11 is 0. The molecule has 64 valence electrons. The fourth-order valence-corrected chi connectivity index (χ4v) is 1.87. The summed E-state index contributed by atoms with van der Waals surface area (Å²) in [6.07, 6.45) is 0. The second-order valence-corrected chi connectivity index (χ2v) is 4.45. The highest BCUT2D eigenvalue weighted by molar-refractivity contribution is 5.06. The van der Waals surface area contributed by atoms with E-state index >= 15 is 0 Å². The third kappa shape index (κ3) is 1.08. The lowest BCUT2D eigenvalue weighted by molar-refractivity contribution is -0.139. The maximum atomic E-state index is 9.50. The van der Waals surface area contributed by atoms with Crippen molar-refractivity contribution in [2.75, 3.05) is 26.2 Å². The minimum absolute atomic E-state index is 0.336. The first-order valence-corrected chi connectivity index (χ1v) is 4.20. The molecular formula is C8H16N2O. The fourth-order valence-electron chi connectivity index (χ4n) is 1.87. The van der Waals surface area contributed by atoms with Gasteiger partial charge in [-0.2, -0.15) is 0 Å². The van der Waals surface area contributed by atoms with Gasteiger partial charge in [0.1, 0.15) is 0 Å². The number of nitrogens with one attached hydrogen (secondary N) is 1. The summed E-state index contributed by atoms with van der Waals surface area (Å²) in [5.41, 5.74) is -0.0825. The number of likely N-dealkylation sites (tertiary alicyclic amines) is 1. The van der Waals surface area contributed by atoms with Gasteiger partial charge in [0, 0.05) is 31.7 Å². The van der Waals surface area contributed by atoms with Gasteiger partial charge in [0.2, 0.25) is 0 Å². The van der Waals surface area contributed by atoms with E-state index in [-0.39, 0.29) is 0 Å². The van der Waals surface area contributed by atoms with Crippen LogP contribution in [-0.4, -0.2) is 47.3 Å². The number of rotatable bonds is 1. The molecule has 3 nitrogen and oxygen atoms in total. The van der Waals surface area contributed by atoms with Gasteiger partial charge >= 0.3 is 0 Å². The van der Waals surface area contributed by atoms with E-state index in [1.807, 2.05) is 6.92 Å². The molecule has 0 aliphatic carbocycles. The fraction of sp³-hybridized carbons (Fsp3) is 1.00. The van der Waals surface area contributed by atoms with Gasteiger partial charge in [0.05, 0.1) is 5.60 Å². The van der Waals surface area contributed by atoms with Gasteiger partial charge in [-0.1, -0.05) is 0 Å². The Balaban J connectivity index is 1.91. The van der Waals surface area contributed by atoms with Gasteiger partial charge in [-0.05, 0) is 13.8 Å². The molecule has 2 rings (SSSR count). The van der Waals surface area contributed by atoms with Crippen molar-refractivity contribution >= 4 is 0 Å². The number of β-amino-alcohol motifs (C(OH)–C–C–N with tert-alkyl or cyclic N) is 1. The van der Waals surface area contributed by atoms with Crippen molar-refractivity contribution in [1.29, 1.82) is 0 Å². The maximum absolute atomic E-state index is 9.50. The van der Waals surface area contributed by atoms with Crippen LogP contribution in [0, 0.1) is 0 Å². The predicted octanol–water partition coefficient (Wildman–Crippen LogP) is -0.585. The van der Waals surface area contributed by atoms with E-state index in [2.05, 4.69) is 17.1 Å². The summed E-state index contributed by atoms with van der Waals surface area (Å²) in [5, 5.41) is 12.8. The summed E-state index contributed by atoms with van der Waals surface area (Å²) in [7, 11) is 0. The molecule has 0 unspecified atom stereocenters. The largest absolute Gasteiger partial charge is 0.388 e. The Kier molecular flexibility index (Phi) is 1.35. The van der Waals surface area contributed by atoms with Crippen molar-refractivity contribution in [3.63, 3.8) is 0 Å². The molecule has 0 spiro atoms. The minimum Gasteiger partial charge on any atom is -0.388 e. The normalized spacial score (nSPS) is 34.1. The van der Waals surface area contributed by atoms with E-state index in [4.69, 9.17) is 0 Å². The lowest BCUT2D eigenvalue weighted by Gasteiger charge is -2.57. The van der Waals surface area contributed by atoms with Crippen LogP contribution in [0.3, 0.4) is 0 Å². The number of hydrogen-bond acceptors (Lipinski definition) is 3. The molecular weight excluding hydrogens is 140 g/mol. The zero-order valence-electron chi connectivity index (χ0n) is 7.22. The Morgan fingerprint density at radius 1 is 1.27 bits per heavy atom. The average molecular weight is 156 g/mol. The first kappa shape index (κ1) is 7.53. The number of hydrogen-bond donors (Lipinski definition) is 2. The van der Waals surface area contributed by atoms with Crippen molar-refractivity contribution in [2.45, 2.75) is 25.0 Å². The highest BCUT2D eigenvalue weighted by Gasteiger charge is 2.48. The van der Waals surface area contributed by atoms with Crippen molar-refractivity contribution in [2.24, 2.45) is 0 Å². The molecule has 2 heterocycles. The van der Waals surface area contributed by atoms with Gasteiger partial charge < -0.3 is 10.4 Å². The summed E-state index contributed by atoms with van der Waals surface area (Å²) in [6.45, 7) is 7.97. The summed E-state index contributed by atoms with van der Waals surface area (Å²) in [4.78, 5) is 2.35. The van der Waals surface area contributed by atoms with Crippen LogP contribution >= 0.6 is 0 Å². The highest BCUT2D eigenvalue weighted by atomic mass is 16.3. The Morgan fingerprint density at radius 3 is 2.09 bits per heavy atom. The summed E-state index contributed by atoms with van der Waals surface area (Å²) in [6, 6.07) is 0. The third-order valence-corrected chi connectivity index (χ3v) is 2.84. The first-order valence-electron chi connectivity index (χ1n) is 4.20. The van der Waals surface area contributed by atoms with Crippen molar-refractivity contribution < 1.29 is 5.11 Å². The topological polar surface area (TPSA) is 35.5 Å². The van der Waals surface area contributed by atoms with E-state index in [0.29, 0.717) is 5.54 Å². The molecule has 2 saturated heterocycles. The Hall–Kier alpha value is -0.120.